The summed E-state index contributed by atoms with van der Waals surface area (Å²) in [4.78, 5) is 21.0. The van der Waals surface area contributed by atoms with Gasteiger partial charge >= 0.3 is 5.97 Å². The maximum absolute atomic E-state index is 13.9. The molecule has 1 saturated heterocycles. The molecule has 1 fully saturated rings. The van der Waals surface area contributed by atoms with Crippen molar-refractivity contribution in [1.82, 2.24) is 14.9 Å². The molecule has 7 heteroatoms. The minimum atomic E-state index is -2.63. The number of nitrogens with zero attached hydrogens (tertiary/aromatic N) is 2. The highest BCUT2D eigenvalue weighted by Gasteiger charge is 2.35. The summed E-state index contributed by atoms with van der Waals surface area (Å²) in [5, 5.41) is 9.65. The standard InChI is InChI=1S/C27H25F2N3O2/c1-17-30-24-14-21(13-23(26(33)34)25(24)31-17)18-7-9-19(10-8-18)22-6-3-2-5-20(22)15-32-12-4-11-27(28,29)16-32/h2-3,5-10,13-14H,4,11-12,15-16H2,1H3,(H,30,31)(H,33,34). The van der Waals surface area contributed by atoms with Crippen LogP contribution in [0.3, 0.4) is 0 Å². The van der Waals surface area contributed by atoms with Gasteiger partial charge in [-0.2, -0.15) is 0 Å². The van der Waals surface area contributed by atoms with Gasteiger partial charge in [-0.3, -0.25) is 4.90 Å². The number of hydrogen-bond acceptors (Lipinski definition) is 3. The highest BCUT2D eigenvalue weighted by molar-refractivity contribution is 6.03. The first kappa shape index (κ1) is 22.2. The van der Waals surface area contributed by atoms with Crippen LogP contribution in [0.4, 0.5) is 8.78 Å². The zero-order chi connectivity index (χ0) is 23.9. The van der Waals surface area contributed by atoms with Crippen molar-refractivity contribution in [3.05, 3.63) is 77.6 Å². The molecule has 1 aliphatic heterocycles. The first-order chi connectivity index (χ1) is 16.3. The summed E-state index contributed by atoms with van der Waals surface area (Å²) in [6.45, 7) is 2.74. The average molecular weight is 462 g/mol. The number of alkyl halides is 2. The molecule has 0 amide bonds. The van der Waals surface area contributed by atoms with Crippen molar-refractivity contribution in [3.63, 3.8) is 0 Å². The number of aromatic carboxylic acids is 1. The quantitative estimate of drug-likeness (QED) is 0.375. The van der Waals surface area contributed by atoms with Gasteiger partial charge in [0.05, 0.1) is 17.6 Å². The van der Waals surface area contributed by atoms with Crippen LogP contribution < -0.4 is 0 Å². The largest absolute Gasteiger partial charge is 0.478 e. The van der Waals surface area contributed by atoms with Crippen LogP contribution in [-0.4, -0.2) is 45.0 Å². The molecule has 0 bridgehead atoms. The molecule has 5 rings (SSSR count). The van der Waals surface area contributed by atoms with E-state index >= 15 is 0 Å². The van der Waals surface area contributed by atoms with E-state index in [1.165, 1.54) is 0 Å². The summed E-state index contributed by atoms with van der Waals surface area (Å²) < 4.78 is 27.8. The number of aromatic amines is 1. The van der Waals surface area contributed by atoms with E-state index in [4.69, 9.17) is 0 Å². The Labute approximate surface area is 196 Å². The molecule has 1 aromatic heterocycles. The lowest BCUT2D eigenvalue weighted by Crippen LogP contribution is -2.42. The lowest BCUT2D eigenvalue weighted by atomic mass is 9.95. The molecule has 0 unspecified atom stereocenters. The number of fused-ring (bicyclic) bond motifs is 1. The van der Waals surface area contributed by atoms with Crippen LogP contribution in [0.5, 0.6) is 0 Å². The predicted octanol–water partition coefficient (Wildman–Crippen LogP) is 6.13. The Morgan fingerprint density at radius 3 is 2.56 bits per heavy atom. The van der Waals surface area contributed by atoms with Crippen molar-refractivity contribution in [2.45, 2.75) is 32.2 Å². The summed E-state index contributed by atoms with van der Waals surface area (Å²) in [5.74, 6) is -2.99. The van der Waals surface area contributed by atoms with E-state index < -0.39 is 11.9 Å². The normalized spacial score (nSPS) is 16.1. The van der Waals surface area contributed by atoms with Crippen molar-refractivity contribution < 1.29 is 18.7 Å². The van der Waals surface area contributed by atoms with Crippen molar-refractivity contribution in [3.8, 4) is 22.3 Å². The molecule has 34 heavy (non-hydrogen) atoms. The Kier molecular flexibility index (Phi) is 5.65. The number of aryl methyl sites for hydroxylation is 1. The third-order valence-electron chi connectivity index (χ3n) is 6.35. The number of carboxylic acids is 1. The molecule has 2 heterocycles. The van der Waals surface area contributed by atoms with Crippen LogP contribution >= 0.6 is 0 Å². The Morgan fingerprint density at radius 2 is 1.82 bits per heavy atom. The average Bonchev–Trinajstić information content (AvgIpc) is 3.18. The van der Waals surface area contributed by atoms with Gasteiger partial charge in [0.15, 0.2) is 0 Å². The topological polar surface area (TPSA) is 69.2 Å². The zero-order valence-corrected chi connectivity index (χ0v) is 18.8. The number of likely N-dealkylation sites (tertiary alicyclic amines) is 1. The Morgan fingerprint density at radius 1 is 1.09 bits per heavy atom. The van der Waals surface area contributed by atoms with Gasteiger partial charge in [0.1, 0.15) is 11.3 Å². The fourth-order valence-corrected chi connectivity index (χ4v) is 4.77. The number of piperidine rings is 1. The number of halogens is 2. The number of rotatable bonds is 5. The number of benzene rings is 3. The number of imidazole rings is 1. The first-order valence-corrected chi connectivity index (χ1v) is 11.3. The maximum Gasteiger partial charge on any atom is 0.337 e. The van der Waals surface area contributed by atoms with Gasteiger partial charge in [-0.25, -0.2) is 18.6 Å². The van der Waals surface area contributed by atoms with Gasteiger partial charge in [0, 0.05) is 13.0 Å². The van der Waals surface area contributed by atoms with E-state index in [-0.39, 0.29) is 18.5 Å². The second-order valence-electron chi connectivity index (χ2n) is 8.95. The van der Waals surface area contributed by atoms with Crippen LogP contribution in [0.1, 0.15) is 34.6 Å². The molecule has 3 aromatic carbocycles. The van der Waals surface area contributed by atoms with Gasteiger partial charge in [0.2, 0.25) is 0 Å². The maximum atomic E-state index is 13.9. The lowest BCUT2D eigenvalue weighted by molar-refractivity contribution is -0.0660. The molecule has 0 saturated carbocycles. The molecule has 2 N–H and O–H groups in total. The number of carboxylic acid groups (broad SMARTS) is 1. The number of aromatic nitrogens is 2. The van der Waals surface area contributed by atoms with Crippen LogP contribution in [-0.2, 0) is 6.54 Å². The highest BCUT2D eigenvalue weighted by atomic mass is 19.3. The number of hydrogen-bond donors (Lipinski definition) is 2. The summed E-state index contributed by atoms with van der Waals surface area (Å²) in [6, 6.07) is 19.3. The van der Waals surface area contributed by atoms with Crippen molar-refractivity contribution >= 4 is 17.0 Å². The molecule has 0 radical (unpaired) electrons. The van der Waals surface area contributed by atoms with Crippen molar-refractivity contribution in [2.24, 2.45) is 0 Å². The Bertz CT molecular complexity index is 1360. The van der Waals surface area contributed by atoms with Gasteiger partial charge in [-0.15, -0.1) is 0 Å². The van der Waals surface area contributed by atoms with Gasteiger partial charge < -0.3 is 10.1 Å². The minimum absolute atomic E-state index is 0.0416. The van der Waals surface area contributed by atoms with E-state index in [1.807, 2.05) is 59.5 Å². The van der Waals surface area contributed by atoms with E-state index in [1.54, 1.807) is 13.0 Å². The van der Waals surface area contributed by atoms with E-state index in [2.05, 4.69) is 9.97 Å². The van der Waals surface area contributed by atoms with Crippen molar-refractivity contribution in [2.75, 3.05) is 13.1 Å². The predicted molar refractivity (Wildman–Crippen MR) is 128 cm³/mol. The van der Waals surface area contributed by atoms with Crippen LogP contribution in [0.25, 0.3) is 33.3 Å². The third kappa shape index (κ3) is 4.43. The monoisotopic (exact) mass is 461 g/mol. The first-order valence-electron chi connectivity index (χ1n) is 11.3. The molecule has 0 atom stereocenters. The van der Waals surface area contributed by atoms with E-state index in [0.29, 0.717) is 36.4 Å². The zero-order valence-electron chi connectivity index (χ0n) is 18.8. The Balaban J connectivity index is 1.45. The molecular formula is C27H25F2N3O2. The van der Waals surface area contributed by atoms with Crippen LogP contribution in [0, 0.1) is 6.92 Å². The number of H-pyrrole nitrogens is 1. The molecule has 4 aromatic rings. The fraction of sp³-hybridized carbons (Fsp3) is 0.259. The molecule has 1 aliphatic rings. The fourth-order valence-electron chi connectivity index (χ4n) is 4.77. The number of carbonyl (C=O) groups is 1. The number of nitrogens with one attached hydrogen (secondary N) is 1. The summed E-state index contributed by atoms with van der Waals surface area (Å²) >= 11 is 0. The SMILES string of the molecule is Cc1nc2c(C(=O)O)cc(-c3ccc(-c4ccccc4CN4CCCC(F)(F)C4)cc3)cc2[nH]1. The molecular weight excluding hydrogens is 436 g/mol. The van der Waals surface area contributed by atoms with Crippen LogP contribution in [0.2, 0.25) is 0 Å². The molecule has 0 aliphatic carbocycles. The van der Waals surface area contributed by atoms with Gasteiger partial charge in [-0.1, -0.05) is 48.5 Å². The molecule has 0 spiro atoms. The minimum Gasteiger partial charge on any atom is -0.478 e. The smallest absolute Gasteiger partial charge is 0.337 e. The lowest BCUT2D eigenvalue weighted by Gasteiger charge is -2.32. The highest BCUT2D eigenvalue weighted by Crippen LogP contribution is 2.32. The molecule has 5 nitrogen and oxygen atoms in total. The summed E-state index contributed by atoms with van der Waals surface area (Å²) in [5.41, 5.74) is 5.95. The van der Waals surface area contributed by atoms with Gasteiger partial charge in [-0.05, 0) is 59.8 Å². The van der Waals surface area contributed by atoms with Crippen LogP contribution in [0.15, 0.2) is 60.7 Å². The summed E-state index contributed by atoms with van der Waals surface area (Å²) in [7, 11) is 0. The summed E-state index contributed by atoms with van der Waals surface area (Å²) in [6.07, 6.45) is 0.461. The third-order valence-corrected chi connectivity index (χ3v) is 6.35. The Hall–Kier alpha value is -3.58. The van der Waals surface area contributed by atoms with E-state index in [9.17, 15) is 18.7 Å². The molecule has 174 valence electrons. The van der Waals surface area contributed by atoms with E-state index in [0.717, 1.165) is 27.8 Å². The van der Waals surface area contributed by atoms with Gasteiger partial charge in [0.25, 0.3) is 5.92 Å². The second kappa shape index (κ2) is 8.65. The van der Waals surface area contributed by atoms with Crippen molar-refractivity contribution in [1.29, 1.82) is 0 Å². The second-order valence-corrected chi connectivity index (χ2v) is 8.95.